The average molecular weight is 335 g/mol. The number of halogens is 1. The minimum absolute atomic E-state index is 0.407. The number of rotatable bonds is 1. The van der Waals surface area contributed by atoms with Crippen LogP contribution in [0.4, 0.5) is 4.32 Å². The third-order valence-electron chi connectivity index (χ3n) is 4.74. The molecule has 2 aromatic carbocycles. The maximum atomic E-state index is 16.0. The van der Waals surface area contributed by atoms with E-state index >= 15 is 4.32 Å². The standard InChI is InChI=1S/C20H19BFNO2/c1-20(2,3)19(24)21(22)23-13-7-6-10-16(23)18-15-9-5-4-8-14(15)11-12-17(18)25-21/h4-13H,1-3H3. The highest BCUT2D eigenvalue weighted by Crippen LogP contribution is 2.40. The molecular weight excluding hydrogens is 316 g/mol. The van der Waals surface area contributed by atoms with Crippen LogP contribution < -0.4 is 9.13 Å². The lowest BCUT2D eigenvalue weighted by Crippen LogP contribution is -2.75. The minimum Gasteiger partial charge on any atom is -0.624 e. The molecule has 3 aromatic rings. The predicted molar refractivity (Wildman–Crippen MR) is 96.9 cm³/mol. The first-order chi connectivity index (χ1) is 11.8. The van der Waals surface area contributed by atoms with E-state index in [-0.39, 0.29) is 0 Å². The zero-order valence-corrected chi connectivity index (χ0v) is 14.5. The van der Waals surface area contributed by atoms with Crippen molar-refractivity contribution >= 4 is 23.2 Å². The molecule has 3 nitrogen and oxygen atoms in total. The normalized spacial score (nSPS) is 19.0. The van der Waals surface area contributed by atoms with Crippen molar-refractivity contribution in [3.63, 3.8) is 0 Å². The fourth-order valence-electron chi connectivity index (χ4n) is 3.51. The van der Waals surface area contributed by atoms with Crippen molar-refractivity contribution in [2.75, 3.05) is 0 Å². The molecule has 1 atom stereocenters. The van der Waals surface area contributed by atoms with E-state index in [1.165, 1.54) is 4.48 Å². The number of fused-ring (bicyclic) bond motifs is 5. The Morgan fingerprint density at radius 2 is 1.76 bits per heavy atom. The van der Waals surface area contributed by atoms with Gasteiger partial charge in [0.1, 0.15) is 11.9 Å². The Hall–Kier alpha value is -2.69. The number of nitrogens with zero attached hydrogens (tertiary/aromatic N) is 1. The fraction of sp³-hybridized carbons (Fsp3) is 0.200. The molecule has 2 heterocycles. The van der Waals surface area contributed by atoms with Crippen LogP contribution in [0.1, 0.15) is 20.8 Å². The van der Waals surface area contributed by atoms with Gasteiger partial charge in [-0.1, -0.05) is 57.2 Å². The molecule has 0 radical (unpaired) electrons. The summed E-state index contributed by atoms with van der Waals surface area (Å²) in [6.07, 6.45) is 1.59. The van der Waals surface area contributed by atoms with Gasteiger partial charge in [0.05, 0.1) is 11.3 Å². The van der Waals surface area contributed by atoms with Crippen molar-refractivity contribution in [1.29, 1.82) is 0 Å². The van der Waals surface area contributed by atoms with E-state index in [2.05, 4.69) is 0 Å². The molecule has 126 valence electrons. The van der Waals surface area contributed by atoms with Crippen molar-refractivity contribution < 1.29 is 18.2 Å². The summed E-state index contributed by atoms with van der Waals surface area (Å²) in [5.41, 5.74) is 0.0587. The molecule has 0 aliphatic carbocycles. The summed E-state index contributed by atoms with van der Waals surface area (Å²) in [5.74, 6) is 0.407. The number of benzene rings is 2. The highest BCUT2D eigenvalue weighted by Gasteiger charge is 2.58. The van der Waals surface area contributed by atoms with E-state index in [0.29, 0.717) is 11.4 Å². The quantitative estimate of drug-likeness (QED) is 0.627. The Labute approximate surface area is 146 Å². The molecule has 0 spiro atoms. The molecule has 1 unspecified atom stereocenters. The van der Waals surface area contributed by atoms with Gasteiger partial charge in [-0.25, -0.2) is 0 Å². The molecule has 1 aliphatic rings. The minimum atomic E-state index is -3.37. The van der Waals surface area contributed by atoms with Gasteiger partial charge < -0.3 is 18.2 Å². The molecule has 0 saturated carbocycles. The summed E-state index contributed by atoms with van der Waals surface area (Å²) in [4.78, 5) is 12.9. The van der Waals surface area contributed by atoms with E-state index in [1.807, 2.05) is 42.5 Å². The van der Waals surface area contributed by atoms with Gasteiger partial charge in [-0.2, -0.15) is 0 Å². The summed E-state index contributed by atoms with van der Waals surface area (Å²) >= 11 is 0. The highest BCUT2D eigenvalue weighted by molar-refractivity contribution is 6.91. The topological polar surface area (TPSA) is 30.2 Å². The number of hydrogen-bond donors (Lipinski definition) is 0. The van der Waals surface area contributed by atoms with Crippen LogP contribution in [0.25, 0.3) is 22.0 Å². The Kier molecular flexibility index (Phi) is 3.26. The fourth-order valence-corrected chi connectivity index (χ4v) is 3.51. The lowest BCUT2D eigenvalue weighted by molar-refractivity contribution is -0.555. The third-order valence-corrected chi connectivity index (χ3v) is 4.74. The van der Waals surface area contributed by atoms with Gasteiger partial charge in [-0.05, 0) is 28.3 Å². The zero-order chi connectivity index (χ0) is 17.8. The second kappa shape index (κ2) is 5.15. The van der Waals surface area contributed by atoms with Crippen LogP contribution >= 0.6 is 0 Å². The summed E-state index contributed by atoms with van der Waals surface area (Å²) in [6, 6.07) is 16.9. The molecule has 1 aromatic heterocycles. The number of aromatic nitrogens is 1. The molecule has 1 aliphatic heterocycles. The van der Waals surface area contributed by atoms with Crippen LogP contribution in [0.2, 0.25) is 0 Å². The first-order valence-electron chi connectivity index (χ1n) is 8.42. The SMILES string of the molecule is CC(C)(C)C(=O)[B-]1(F)Oc2ccc3ccccc3c2-c2cccc[n+]21. The molecule has 0 saturated heterocycles. The number of carbonyl (C=O) groups excluding carboxylic acids is 1. The van der Waals surface area contributed by atoms with Gasteiger partial charge in [0, 0.05) is 6.07 Å². The largest absolute Gasteiger partial charge is 0.700 e. The van der Waals surface area contributed by atoms with Crippen molar-refractivity contribution in [3.8, 4) is 17.0 Å². The Morgan fingerprint density at radius 3 is 2.52 bits per heavy atom. The first kappa shape index (κ1) is 15.8. The number of carbonyl (C=O) groups is 1. The highest BCUT2D eigenvalue weighted by atomic mass is 19.1. The number of hydrogen-bond acceptors (Lipinski definition) is 2. The molecule has 0 N–H and O–H groups in total. The van der Waals surface area contributed by atoms with Gasteiger partial charge in [0.2, 0.25) is 0 Å². The van der Waals surface area contributed by atoms with Gasteiger partial charge in [0.15, 0.2) is 5.69 Å². The van der Waals surface area contributed by atoms with Crippen molar-refractivity contribution in [2.24, 2.45) is 5.41 Å². The van der Waals surface area contributed by atoms with E-state index in [1.54, 1.807) is 39.1 Å². The van der Waals surface area contributed by atoms with E-state index < -0.39 is 17.9 Å². The zero-order valence-electron chi connectivity index (χ0n) is 14.5. The average Bonchev–Trinajstić information content (AvgIpc) is 2.60. The molecular formula is C20H19BFNO2. The van der Waals surface area contributed by atoms with Gasteiger partial charge in [-0.15, -0.1) is 0 Å². The third kappa shape index (κ3) is 2.26. The molecule has 0 bridgehead atoms. The Morgan fingerprint density at radius 1 is 1.04 bits per heavy atom. The monoisotopic (exact) mass is 335 g/mol. The van der Waals surface area contributed by atoms with Crippen LogP contribution in [0.3, 0.4) is 0 Å². The van der Waals surface area contributed by atoms with Gasteiger partial charge in [0.25, 0.3) is 0 Å². The van der Waals surface area contributed by atoms with Crippen LogP contribution in [-0.2, 0) is 4.79 Å². The van der Waals surface area contributed by atoms with Crippen molar-refractivity contribution in [3.05, 3.63) is 60.8 Å². The molecule has 0 fully saturated rings. The molecule has 5 heteroatoms. The lowest BCUT2D eigenvalue weighted by Gasteiger charge is -2.37. The summed E-state index contributed by atoms with van der Waals surface area (Å²) in [6.45, 7) is 1.76. The van der Waals surface area contributed by atoms with Gasteiger partial charge >= 0.3 is 6.76 Å². The van der Waals surface area contributed by atoms with Crippen LogP contribution in [-0.4, -0.2) is 12.4 Å². The van der Waals surface area contributed by atoms with Crippen LogP contribution in [0, 0.1) is 5.41 Å². The Balaban J connectivity index is 2.04. The number of pyridine rings is 1. The van der Waals surface area contributed by atoms with Crippen molar-refractivity contribution in [1.82, 2.24) is 0 Å². The van der Waals surface area contributed by atoms with Crippen molar-refractivity contribution in [2.45, 2.75) is 20.8 Å². The summed E-state index contributed by atoms with van der Waals surface area (Å²) in [5, 5.41) is 2.02. The summed E-state index contributed by atoms with van der Waals surface area (Å²) < 4.78 is 23.1. The molecule has 4 rings (SSSR count). The predicted octanol–water partition coefficient (Wildman–Crippen LogP) is 4.10. The van der Waals surface area contributed by atoms with E-state index in [0.717, 1.165) is 16.3 Å². The van der Waals surface area contributed by atoms with Gasteiger partial charge in [-0.3, -0.25) is 0 Å². The van der Waals surface area contributed by atoms with Crippen LogP contribution in [0.15, 0.2) is 60.8 Å². The van der Waals surface area contributed by atoms with E-state index in [9.17, 15) is 4.79 Å². The smallest absolute Gasteiger partial charge is 0.624 e. The molecule has 0 amide bonds. The summed E-state index contributed by atoms with van der Waals surface area (Å²) in [7, 11) is 0. The van der Waals surface area contributed by atoms with Crippen LogP contribution in [0.5, 0.6) is 5.75 Å². The first-order valence-corrected chi connectivity index (χ1v) is 8.42. The Bertz CT molecular complexity index is 1010. The maximum absolute atomic E-state index is 16.0. The second-order valence-electron chi connectivity index (χ2n) is 7.53. The molecule has 25 heavy (non-hydrogen) atoms. The second-order valence-corrected chi connectivity index (χ2v) is 7.53. The maximum Gasteiger partial charge on any atom is 0.700 e. The van der Waals surface area contributed by atoms with E-state index in [4.69, 9.17) is 4.65 Å². The lowest BCUT2D eigenvalue weighted by atomic mass is 9.59.